The topological polar surface area (TPSA) is 92.8 Å². The van der Waals surface area contributed by atoms with Crippen LogP contribution in [0.4, 0.5) is 0 Å². The van der Waals surface area contributed by atoms with Gasteiger partial charge in [-0.3, -0.25) is 19.3 Å². The van der Waals surface area contributed by atoms with Crippen LogP contribution in [0.25, 0.3) is 0 Å². The Bertz CT molecular complexity index is 826. The van der Waals surface area contributed by atoms with Crippen LogP contribution in [-0.4, -0.2) is 47.3 Å². The van der Waals surface area contributed by atoms with Gasteiger partial charge in [0.2, 0.25) is 0 Å². The van der Waals surface area contributed by atoms with Crippen molar-refractivity contribution in [3.05, 3.63) is 34.9 Å². The van der Waals surface area contributed by atoms with Crippen LogP contribution in [-0.2, 0) is 9.53 Å². The fraction of sp³-hybridized carbons (Fsp3) is 0.545. The molecular formula is C22H28N2O5. The third-order valence-electron chi connectivity index (χ3n) is 5.82. The molecule has 3 amide bonds. The lowest BCUT2D eigenvalue weighted by molar-refractivity contribution is -0.125. The first-order chi connectivity index (χ1) is 13.8. The van der Waals surface area contributed by atoms with Gasteiger partial charge in [0.05, 0.1) is 16.7 Å². The van der Waals surface area contributed by atoms with Gasteiger partial charge in [-0.25, -0.2) is 4.79 Å². The minimum atomic E-state index is -0.698. The number of nitrogens with zero attached hydrogens (tertiary/aromatic N) is 1. The highest BCUT2D eigenvalue weighted by Gasteiger charge is 2.40. The number of nitrogens with one attached hydrogen (secondary N) is 1. The highest BCUT2D eigenvalue weighted by Crippen LogP contribution is 2.31. The number of ether oxygens (including phenoxy) is 1. The van der Waals surface area contributed by atoms with Crippen LogP contribution < -0.4 is 5.32 Å². The van der Waals surface area contributed by atoms with Gasteiger partial charge in [0.25, 0.3) is 17.7 Å². The molecule has 1 N–H and O–H groups in total. The number of esters is 1. The smallest absolute Gasteiger partial charge is 0.338 e. The first-order valence-electron chi connectivity index (χ1n) is 10.3. The van der Waals surface area contributed by atoms with Crippen molar-refractivity contribution in [2.45, 2.75) is 65.0 Å². The predicted octanol–water partition coefficient (Wildman–Crippen LogP) is 2.93. The summed E-state index contributed by atoms with van der Waals surface area (Å²) in [4.78, 5) is 51.1. The lowest BCUT2D eigenvalue weighted by atomic mass is 9.94. The van der Waals surface area contributed by atoms with Gasteiger partial charge in [0, 0.05) is 12.1 Å². The van der Waals surface area contributed by atoms with E-state index >= 15 is 0 Å². The standard InChI is InChI=1S/C22H28N2O5/c1-13(2)14(3)23-19(25)12-29-22(28)15-9-10-17-18(11-15)21(27)24(20(17)26)16-7-5-4-6-8-16/h9-11,13-14,16H,4-8,12H2,1-3H3,(H,23,25)/t14-/m1/s1. The summed E-state index contributed by atoms with van der Waals surface area (Å²) in [6.45, 7) is 5.45. The molecule has 1 heterocycles. The third-order valence-corrected chi connectivity index (χ3v) is 5.82. The molecule has 1 aliphatic heterocycles. The Morgan fingerprint density at radius 2 is 1.72 bits per heavy atom. The zero-order valence-corrected chi connectivity index (χ0v) is 17.2. The fourth-order valence-corrected chi connectivity index (χ4v) is 3.73. The summed E-state index contributed by atoms with van der Waals surface area (Å²) in [7, 11) is 0. The van der Waals surface area contributed by atoms with Crippen molar-refractivity contribution >= 4 is 23.7 Å². The van der Waals surface area contributed by atoms with Gasteiger partial charge >= 0.3 is 5.97 Å². The quantitative estimate of drug-likeness (QED) is 0.585. The maximum Gasteiger partial charge on any atom is 0.338 e. The van der Waals surface area contributed by atoms with E-state index in [2.05, 4.69) is 5.32 Å². The van der Waals surface area contributed by atoms with Crippen LogP contribution in [0.1, 0.15) is 83.9 Å². The zero-order valence-electron chi connectivity index (χ0n) is 17.2. The van der Waals surface area contributed by atoms with E-state index in [0.29, 0.717) is 5.56 Å². The van der Waals surface area contributed by atoms with E-state index in [1.54, 1.807) is 0 Å². The Morgan fingerprint density at radius 3 is 2.38 bits per heavy atom. The lowest BCUT2D eigenvalue weighted by Gasteiger charge is -2.29. The number of carbonyl (C=O) groups is 4. The summed E-state index contributed by atoms with van der Waals surface area (Å²) >= 11 is 0. The highest BCUT2D eigenvalue weighted by molar-refractivity contribution is 6.22. The molecule has 0 saturated heterocycles. The van der Waals surface area contributed by atoms with Gasteiger partial charge in [-0.15, -0.1) is 0 Å². The molecule has 1 atom stereocenters. The molecule has 1 fully saturated rings. The second-order valence-corrected chi connectivity index (χ2v) is 8.21. The van der Waals surface area contributed by atoms with E-state index in [4.69, 9.17) is 4.74 Å². The molecule has 0 unspecified atom stereocenters. The monoisotopic (exact) mass is 400 g/mol. The van der Waals surface area contributed by atoms with Crippen LogP contribution >= 0.6 is 0 Å². The lowest BCUT2D eigenvalue weighted by Crippen LogP contribution is -2.40. The number of hydrogen-bond donors (Lipinski definition) is 1. The second-order valence-electron chi connectivity index (χ2n) is 8.21. The van der Waals surface area contributed by atoms with Crippen LogP contribution in [0, 0.1) is 5.92 Å². The minimum Gasteiger partial charge on any atom is -0.452 e. The Hall–Kier alpha value is -2.70. The Morgan fingerprint density at radius 1 is 1.07 bits per heavy atom. The van der Waals surface area contributed by atoms with Gasteiger partial charge in [-0.2, -0.15) is 0 Å². The molecule has 0 bridgehead atoms. The van der Waals surface area contributed by atoms with Gasteiger partial charge in [-0.05, 0) is 43.9 Å². The maximum atomic E-state index is 12.8. The normalized spacial score (nSPS) is 18.0. The van der Waals surface area contributed by atoms with Crippen molar-refractivity contribution in [3.8, 4) is 0 Å². The summed E-state index contributed by atoms with van der Waals surface area (Å²) in [5.41, 5.74) is 0.702. The van der Waals surface area contributed by atoms with Crippen LogP contribution in [0.3, 0.4) is 0 Å². The molecule has 1 aromatic carbocycles. The van der Waals surface area contributed by atoms with Crippen molar-refractivity contribution in [1.29, 1.82) is 0 Å². The molecule has 29 heavy (non-hydrogen) atoms. The molecule has 0 spiro atoms. The summed E-state index contributed by atoms with van der Waals surface area (Å²) in [5.74, 6) is -1.46. The fourth-order valence-electron chi connectivity index (χ4n) is 3.73. The minimum absolute atomic E-state index is 0.0319. The SMILES string of the molecule is CC(C)[C@@H](C)NC(=O)COC(=O)c1ccc2c(c1)C(=O)N(C1CCCCC1)C2=O. The van der Waals surface area contributed by atoms with Gasteiger partial charge in [-0.1, -0.05) is 33.1 Å². The van der Waals surface area contributed by atoms with Crippen molar-refractivity contribution in [1.82, 2.24) is 10.2 Å². The molecule has 1 saturated carbocycles. The highest BCUT2D eigenvalue weighted by atomic mass is 16.5. The largest absolute Gasteiger partial charge is 0.452 e. The number of fused-ring (bicyclic) bond motifs is 1. The van der Waals surface area contributed by atoms with Crippen molar-refractivity contribution in [2.75, 3.05) is 6.61 Å². The van der Waals surface area contributed by atoms with Crippen molar-refractivity contribution in [2.24, 2.45) is 5.92 Å². The Balaban J connectivity index is 1.66. The predicted molar refractivity (Wildman–Crippen MR) is 107 cm³/mol. The molecule has 156 valence electrons. The van der Waals surface area contributed by atoms with Crippen molar-refractivity contribution < 1.29 is 23.9 Å². The Labute approximate surface area is 170 Å². The molecular weight excluding hydrogens is 372 g/mol. The van der Waals surface area contributed by atoms with Gasteiger partial charge in [0.15, 0.2) is 6.61 Å². The average Bonchev–Trinajstić information content (AvgIpc) is 2.96. The summed E-state index contributed by atoms with van der Waals surface area (Å²) in [5, 5.41) is 2.76. The van der Waals surface area contributed by atoms with E-state index in [1.165, 1.54) is 23.1 Å². The number of carbonyl (C=O) groups excluding carboxylic acids is 4. The zero-order chi connectivity index (χ0) is 21.1. The van der Waals surface area contributed by atoms with Gasteiger partial charge in [0.1, 0.15) is 0 Å². The Kier molecular flexibility index (Phi) is 6.35. The molecule has 3 rings (SSSR count). The first kappa shape index (κ1) is 21.0. The van der Waals surface area contributed by atoms with Crippen LogP contribution in [0.15, 0.2) is 18.2 Å². The van der Waals surface area contributed by atoms with Crippen LogP contribution in [0.2, 0.25) is 0 Å². The molecule has 0 aromatic heterocycles. The molecule has 7 heteroatoms. The van der Waals surface area contributed by atoms with E-state index in [9.17, 15) is 19.2 Å². The van der Waals surface area contributed by atoms with E-state index in [1.807, 2.05) is 20.8 Å². The van der Waals surface area contributed by atoms with Crippen molar-refractivity contribution in [3.63, 3.8) is 0 Å². The molecule has 1 aliphatic carbocycles. The summed E-state index contributed by atoms with van der Waals surface area (Å²) < 4.78 is 5.07. The van der Waals surface area contributed by atoms with E-state index < -0.39 is 12.6 Å². The number of imide groups is 1. The summed E-state index contributed by atoms with van der Waals surface area (Å²) in [6, 6.07) is 4.25. The average molecular weight is 400 g/mol. The molecule has 7 nitrogen and oxygen atoms in total. The summed E-state index contributed by atoms with van der Waals surface area (Å²) in [6.07, 6.45) is 4.79. The van der Waals surface area contributed by atoms with E-state index in [-0.39, 0.29) is 46.9 Å². The van der Waals surface area contributed by atoms with Gasteiger partial charge < -0.3 is 10.1 Å². The number of hydrogen-bond acceptors (Lipinski definition) is 5. The molecule has 0 radical (unpaired) electrons. The van der Waals surface area contributed by atoms with Crippen LogP contribution in [0.5, 0.6) is 0 Å². The number of benzene rings is 1. The molecule has 1 aromatic rings. The third kappa shape index (κ3) is 4.49. The molecule has 2 aliphatic rings. The second kappa shape index (κ2) is 8.76. The van der Waals surface area contributed by atoms with E-state index in [0.717, 1.165) is 32.1 Å². The number of rotatable bonds is 6. The number of amides is 3. The maximum absolute atomic E-state index is 12.8. The first-order valence-corrected chi connectivity index (χ1v) is 10.3.